The second-order valence-corrected chi connectivity index (χ2v) is 14.3. The first-order valence-corrected chi connectivity index (χ1v) is 19.5. The minimum Gasteiger partial charge on any atom is -0.455 e. The number of hydrogen-bond donors (Lipinski definition) is 0. The fourth-order valence-electron chi connectivity index (χ4n) is 8.14. The molecule has 274 valence electrons. The molecule has 0 N–H and O–H groups in total. The van der Waals surface area contributed by atoms with E-state index in [0.717, 1.165) is 105 Å². The van der Waals surface area contributed by atoms with Gasteiger partial charge in [0.25, 0.3) is 0 Å². The Labute approximate surface area is 337 Å². The zero-order valence-electron chi connectivity index (χ0n) is 31.9. The van der Waals surface area contributed by atoms with Crippen LogP contribution in [-0.2, 0) is 0 Å². The van der Waals surface area contributed by atoms with Crippen molar-refractivity contribution in [3.63, 3.8) is 0 Å². The predicted molar refractivity (Wildman–Crippen MR) is 244 cm³/mol. The number of fused-ring (bicyclic) bond motifs is 6. The van der Waals surface area contributed by atoms with E-state index < -0.39 is 0 Å². The average Bonchev–Trinajstić information content (AvgIpc) is 3.87. The third-order valence-corrected chi connectivity index (χ3v) is 10.9. The summed E-state index contributed by atoms with van der Waals surface area (Å²) < 4.78 is 13.5. The van der Waals surface area contributed by atoms with Crippen LogP contribution in [0.4, 0.5) is 17.1 Å². The number of benzene rings is 7. The highest BCUT2D eigenvalue weighted by atomic mass is 16.3. The van der Waals surface area contributed by atoms with E-state index in [1.54, 1.807) is 0 Å². The van der Waals surface area contributed by atoms with Gasteiger partial charge in [-0.3, -0.25) is 0 Å². The zero-order chi connectivity index (χ0) is 39.0. The molecule has 3 heteroatoms. The molecule has 0 bridgehead atoms. The summed E-state index contributed by atoms with van der Waals surface area (Å²) in [5, 5.41) is 4.37. The van der Waals surface area contributed by atoms with Gasteiger partial charge in [-0.25, -0.2) is 0 Å². The second kappa shape index (κ2) is 14.7. The largest absolute Gasteiger partial charge is 0.455 e. The first-order valence-electron chi connectivity index (χ1n) is 19.5. The van der Waals surface area contributed by atoms with Crippen molar-refractivity contribution in [3.8, 4) is 22.3 Å². The highest BCUT2D eigenvalue weighted by Crippen LogP contribution is 2.43. The third-order valence-electron chi connectivity index (χ3n) is 10.9. The van der Waals surface area contributed by atoms with Gasteiger partial charge in [-0.05, 0) is 83.8 Å². The van der Waals surface area contributed by atoms with E-state index >= 15 is 0 Å². The highest BCUT2D eigenvalue weighted by molar-refractivity contribution is 6.13. The van der Waals surface area contributed by atoms with Crippen LogP contribution in [0.5, 0.6) is 0 Å². The summed E-state index contributed by atoms with van der Waals surface area (Å²) in [5.74, 6) is 0. The topological polar surface area (TPSA) is 29.5 Å². The number of para-hydroxylation sites is 5. The monoisotopic (exact) mass is 743 g/mol. The number of allylic oxidation sites excluding steroid dienone is 9. The molecule has 0 spiro atoms. The van der Waals surface area contributed by atoms with Gasteiger partial charge in [-0.1, -0.05) is 158 Å². The van der Waals surface area contributed by atoms with Crippen LogP contribution in [0.3, 0.4) is 0 Å². The minimum atomic E-state index is 0.863. The molecule has 0 aliphatic heterocycles. The molecule has 0 atom stereocenters. The summed E-state index contributed by atoms with van der Waals surface area (Å²) in [7, 11) is 0. The fraction of sp³-hybridized carbons (Fsp3) is 0.0182. The molecule has 0 fully saturated rings. The molecular weight excluding hydrogens is 707 g/mol. The second-order valence-electron chi connectivity index (χ2n) is 14.3. The van der Waals surface area contributed by atoms with Gasteiger partial charge in [0, 0.05) is 60.9 Å². The van der Waals surface area contributed by atoms with E-state index in [-0.39, 0.29) is 0 Å². The Morgan fingerprint density at radius 1 is 0.534 bits per heavy atom. The van der Waals surface area contributed by atoms with E-state index in [4.69, 9.17) is 8.83 Å². The van der Waals surface area contributed by atoms with Gasteiger partial charge < -0.3 is 13.7 Å². The van der Waals surface area contributed by atoms with Gasteiger partial charge >= 0.3 is 0 Å². The summed E-state index contributed by atoms with van der Waals surface area (Å²) in [6.45, 7) is 6.09. The Morgan fingerprint density at radius 2 is 1.05 bits per heavy atom. The highest BCUT2D eigenvalue weighted by Gasteiger charge is 2.19. The maximum absolute atomic E-state index is 6.73. The molecule has 0 saturated carbocycles. The summed E-state index contributed by atoms with van der Waals surface area (Å²) in [6, 6.07) is 53.4. The normalized spacial score (nSPS) is 12.7. The van der Waals surface area contributed by atoms with Crippen LogP contribution in [0.15, 0.2) is 221 Å². The van der Waals surface area contributed by atoms with E-state index in [2.05, 4.69) is 181 Å². The van der Waals surface area contributed by atoms with Crippen LogP contribution in [0, 0.1) is 0 Å². The maximum atomic E-state index is 6.73. The lowest BCUT2D eigenvalue weighted by atomic mass is 9.99. The van der Waals surface area contributed by atoms with Gasteiger partial charge in [0.15, 0.2) is 0 Å². The molecule has 58 heavy (non-hydrogen) atoms. The molecule has 1 aliphatic rings. The van der Waals surface area contributed by atoms with Crippen molar-refractivity contribution in [2.24, 2.45) is 0 Å². The number of furan rings is 2. The van der Waals surface area contributed by atoms with Crippen molar-refractivity contribution in [2.45, 2.75) is 6.92 Å². The standard InChI is InChI=1S/C55H37NO2/c1-3-5-16-37(4-2)44-21-12-25-48-49-27-14-23-46(54(49)57-52(44)48)39-29-33-42(34-30-39)56(41-19-10-7-11-20-41)43-35-31-40(32-36-43)47-24-15-28-51-50-26-13-22-45(53(50)58-55(47)51)38-17-8-6-9-18-38/h3-5,7-8,10-36H,2H2,1H3/b5-3-,37-16+. The minimum absolute atomic E-state index is 0.863. The van der Waals surface area contributed by atoms with Gasteiger partial charge in [0.05, 0.1) is 0 Å². The Hall–Kier alpha value is -7.80. The number of rotatable bonds is 9. The number of hydrogen-bond acceptors (Lipinski definition) is 3. The summed E-state index contributed by atoms with van der Waals surface area (Å²) in [5.41, 5.74) is 21.2. The Kier molecular flexibility index (Phi) is 8.78. The third kappa shape index (κ3) is 5.96. The summed E-state index contributed by atoms with van der Waals surface area (Å²) in [6.07, 6.45) is 13.9. The van der Waals surface area contributed by atoms with E-state index in [9.17, 15) is 0 Å². The molecule has 0 amide bonds. The molecule has 2 aromatic heterocycles. The quantitative estimate of drug-likeness (QED) is 0.109. The molecule has 0 radical (unpaired) electrons. The fourth-order valence-corrected chi connectivity index (χ4v) is 8.14. The molecular formula is C55H37NO2. The van der Waals surface area contributed by atoms with E-state index in [0.29, 0.717) is 0 Å². The average molecular weight is 744 g/mol. The van der Waals surface area contributed by atoms with Crippen LogP contribution < -0.4 is 4.90 Å². The molecule has 9 aromatic rings. The first kappa shape index (κ1) is 34.7. The molecule has 7 aromatic carbocycles. The van der Waals surface area contributed by atoms with Crippen molar-refractivity contribution in [3.05, 3.63) is 223 Å². The van der Waals surface area contributed by atoms with Crippen molar-refractivity contribution < 1.29 is 8.83 Å². The Balaban J connectivity index is 1.02. The molecule has 10 rings (SSSR count). The van der Waals surface area contributed by atoms with Crippen molar-refractivity contribution in [2.75, 3.05) is 4.90 Å². The molecule has 2 heterocycles. The number of anilines is 3. The Morgan fingerprint density at radius 3 is 1.60 bits per heavy atom. The van der Waals surface area contributed by atoms with Crippen LogP contribution >= 0.6 is 0 Å². The lowest BCUT2D eigenvalue weighted by Gasteiger charge is -2.26. The lowest BCUT2D eigenvalue weighted by molar-refractivity contribution is 0.668. The summed E-state index contributed by atoms with van der Waals surface area (Å²) >= 11 is 0. The molecule has 3 nitrogen and oxygen atoms in total. The smallest absolute Gasteiger partial charge is 0.143 e. The van der Waals surface area contributed by atoms with Gasteiger partial charge in [0.1, 0.15) is 22.3 Å². The van der Waals surface area contributed by atoms with Gasteiger partial charge in [-0.2, -0.15) is 0 Å². The predicted octanol–water partition coefficient (Wildman–Crippen LogP) is 15.7. The van der Waals surface area contributed by atoms with Crippen LogP contribution in [0.2, 0.25) is 0 Å². The van der Waals surface area contributed by atoms with Gasteiger partial charge in [-0.15, -0.1) is 0 Å². The molecule has 0 unspecified atom stereocenters. The van der Waals surface area contributed by atoms with Crippen molar-refractivity contribution >= 4 is 72.1 Å². The lowest BCUT2D eigenvalue weighted by Crippen LogP contribution is -2.09. The van der Waals surface area contributed by atoms with Crippen molar-refractivity contribution in [1.29, 1.82) is 0 Å². The number of nitrogens with zero attached hydrogens (tertiary/aromatic N) is 1. The summed E-state index contributed by atoms with van der Waals surface area (Å²) in [4.78, 5) is 2.29. The van der Waals surface area contributed by atoms with Gasteiger partial charge in [0.2, 0.25) is 0 Å². The van der Waals surface area contributed by atoms with Crippen LogP contribution in [0.25, 0.3) is 77.3 Å². The maximum Gasteiger partial charge on any atom is 0.143 e. The van der Waals surface area contributed by atoms with E-state index in [1.807, 2.05) is 43.4 Å². The Bertz CT molecular complexity index is 3250. The molecule has 0 saturated heterocycles. The van der Waals surface area contributed by atoms with Crippen LogP contribution in [0.1, 0.15) is 18.1 Å². The van der Waals surface area contributed by atoms with Crippen molar-refractivity contribution in [1.82, 2.24) is 0 Å². The molecule has 1 aliphatic carbocycles. The zero-order valence-corrected chi connectivity index (χ0v) is 31.9. The van der Waals surface area contributed by atoms with Crippen LogP contribution in [-0.4, -0.2) is 0 Å². The first-order chi connectivity index (χ1) is 28.7. The van der Waals surface area contributed by atoms with E-state index in [1.165, 1.54) is 0 Å². The SMILES string of the molecule is C=C/C(=C\C=C/C)c1cccc2c1oc1c(-c3ccc(N(c4ccccc4)c4ccc(-c5cccc6c5oc5c(C7=CC=C=C=C7)cccc56)cc4)cc3)cccc12.